The maximum atomic E-state index is 13.5. The molecule has 0 atom stereocenters. The number of aromatic nitrogens is 3. The summed E-state index contributed by atoms with van der Waals surface area (Å²) >= 11 is 0. The van der Waals surface area contributed by atoms with E-state index in [1.54, 1.807) is 23.8 Å². The number of carbonyl (C=O) groups is 1. The Morgan fingerprint density at radius 2 is 1.76 bits per heavy atom. The zero-order valence-corrected chi connectivity index (χ0v) is 19.4. The molecule has 170 valence electrons. The number of carbonyl (C=O) groups excluding carboxylic acids is 1. The van der Waals surface area contributed by atoms with E-state index < -0.39 is 0 Å². The number of hydrogen-bond donors (Lipinski definition) is 1. The third-order valence-electron chi connectivity index (χ3n) is 5.92. The van der Waals surface area contributed by atoms with Gasteiger partial charge in [0.2, 0.25) is 5.91 Å². The van der Waals surface area contributed by atoms with E-state index >= 15 is 0 Å². The smallest absolute Gasteiger partial charge is 0.255 e. The van der Waals surface area contributed by atoms with Gasteiger partial charge in [-0.1, -0.05) is 30.3 Å². The molecule has 4 aromatic rings. The van der Waals surface area contributed by atoms with Crippen LogP contribution in [0.3, 0.4) is 0 Å². The zero-order valence-electron chi connectivity index (χ0n) is 19.4. The Kier molecular flexibility index (Phi) is 6.31. The maximum Gasteiger partial charge on any atom is 0.255 e. The first-order chi connectivity index (χ1) is 16.0. The van der Waals surface area contributed by atoms with E-state index in [9.17, 15) is 9.59 Å². The SMILES string of the molecule is CCn1c(=O)c(CCC(=O)Nc2ccccc2OC)c(C)c2c(C)nn(-c3ccccc3)c21. The number of para-hydroxylation sites is 3. The van der Waals surface area contributed by atoms with Crippen LogP contribution >= 0.6 is 0 Å². The highest BCUT2D eigenvalue weighted by Crippen LogP contribution is 2.27. The van der Waals surface area contributed by atoms with Gasteiger partial charge in [0.15, 0.2) is 0 Å². The van der Waals surface area contributed by atoms with Gasteiger partial charge in [0.25, 0.3) is 5.56 Å². The number of nitrogens with zero attached hydrogens (tertiary/aromatic N) is 3. The molecule has 0 fully saturated rings. The average Bonchev–Trinajstić information content (AvgIpc) is 3.17. The van der Waals surface area contributed by atoms with Crippen LogP contribution in [0.5, 0.6) is 5.75 Å². The second-order valence-electron chi connectivity index (χ2n) is 7.93. The number of aryl methyl sites for hydroxylation is 3. The summed E-state index contributed by atoms with van der Waals surface area (Å²) in [6, 6.07) is 17.1. The Bertz CT molecular complexity index is 1370. The topological polar surface area (TPSA) is 78.2 Å². The van der Waals surface area contributed by atoms with Crippen molar-refractivity contribution < 1.29 is 9.53 Å². The molecular formula is C26H28N4O3. The molecule has 0 bridgehead atoms. The highest BCUT2D eigenvalue weighted by molar-refractivity contribution is 5.92. The summed E-state index contributed by atoms with van der Waals surface area (Å²) in [6.07, 6.45) is 0.534. The number of nitrogens with one attached hydrogen (secondary N) is 1. The molecule has 0 aliphatic carbocycles. The predicted molar refractivity (Wildman–Crippen MR) is 130 cm³/mol. The van der Waals surface area contributed by atoms with E-state index in [2.05, 4.69) is 5.32 Å². The van der Waals surface area contributed by atoms with Gasteiger partial charge < -0.3 is 10.1 Å². The summed E-state index contributed by atoms with van der Waals surface area (Å²) < 4.78 is 8.89. The normalized spacial score (nSPS) is 11.0. The monoisotopic (exact) mass is 444 g/mol. The number of pyridine rings is 1. The average molecular weight is 445 g/mol. The highest BCUT2D eigenvalue weighted by Gasteiger charge is 2.21. The second-order valence-corrected chi connectivity index (χ2v) is 7.93. The number of methoxy groups -OCH3 is 1. The van der Waals surface area contributed by atoms with Crippen LogP contribution in [0.25, 0.3) is 16.7 Å². The number of ether oxygens (including phenoxy) is 1. The fraction of sp³-hybridized carbons (Fsp3) is 0.269. The molecule has 0 aliphatic heterocycles. The number of amides is 1. The van der Waals surface area contributed by atoms with E-state index in [1.807, 2.05) is 67.9 Å². The summed E-state index contributed by atoms with van der Waals surface area (Å²) in [4.78, 5) is 26.1. The Balaban J connectivity index is 1.70. The van der Waals surface area contributed by atoms with Crippen molar-refractivity contribution in [3.05, 3.63) is 81.8 Å². The molecule has 7 heteroatoms. The van der Waals surface area contributed by atoms with E-state index in [0.717, 1.165) is 28.0 Å². The molecule has 0 saturated heterocycles. The van der Waals surface area contributed by atoms with Crippen molar-refractivity contribution >= 4 is 22.6 Å². The molecule has 2 aromatic carbocycles. The van der Waals surface area contributed by atoms with Crippen LogP contribution in [0.4, 0.5) is 5.69 Å². The van der Waals surface area contributed by atoms with Gasteiger partial charge in [-0.3, -0.25) is 14.2 Å². The van der Waals surface area contributed by atoms with Crippen molar-refractivity contribution in [1.29, 1.82) is 0 Å². The quantitative estimate of drug-likeness (QED) is 0.458. The van der Waals surface area contributed by atoms with Gasteiger partial charge in [0, 0.05) is 23.9 Å². The molecule has 33 heavy (non-hydrogen) atoms. The molecule has 4 rings (SSSR count). The third kappa shape index (κ3) is 4.14. The zero-order chi connectivity index (χ0) is 23.5. The van der Waals surface area contributed by atoms with Crippen molar-refractivity contribution in [3.8, 4) is 11.4 Å². The Morgan fingerprint density at radius 1 is 1.06 bits per heavy atom. The molecule has 0 saturated carbocycles. The number of benzene rings is 2. The first-order valence-corrected chi connectivity index (χ1v) is 11.1. The summed E-state index contributed by atoms with van der Waals surface area (Å²) in [6.45, 7) is 6.36. The van der Waals surface area contributed by atoms with Gasteiger partial charge >= 0.3 is 0 Å². The van der Waals surface area contributed by atoms with Gasteiger partial charge in [-0.05, 0) is 57.0 Å². The van der Waals surface area contributed by atoms with Gasteiger partial charge in [0.05, 0.1) is 24.2 Å². The number of fused-ring (bicyclic) bond motifs is 1. The Labute approximate surface area is 192 Å². The van der Waals surface area contributed by atoms with Crippen LogP contribution in [-0.4, -0.2) is 27.4 Å². The molecule has 0 radical (unpaired) electrons. The summed E-state index contributed by atoms with van der Waals surface area (Å²) in [5.41, 5.74) is 4.60. The van der Waals surface area contributed by atoms with Crippen LogP contribution in [0.2, 0.25) is 0 Å². The minimum Gasteiger partial charge on any atom is -0.495 e. The lowest BCUT2D eigenvalue weighted by Crippen LogP contribution is -2.27. The molecule has 7 nitrogen and oxygen atoms in total. The Hall–Kier alpha value is -3.87. The van der Waals surface area contributed by atoms with Gasteiger partial charge in [-0.25, -0.2) is 4.68 Å². The largest absolute Gasteiger partial charge is 0.495 e. The minimum absolute atomic E-state index is 0.0790. The fourth-order valence-corrected chi connectivity index (χ4v) is 4.31. The van der Waals surface area contributed by atoms with E-state index in [0.29, 0.717) is 30.0 Å². The molecule has 2 heterocycles. The van der Waals surface area contributed by atoms with E-state index in [-0.39, 0.29) is 17.9 Å². The third-order valence-corrected chi connectivity index (χ3v) is 5.92. The standard InChI is InChI=1S/C26H28N4O3/c1-5-29-25-24(18(3)28-30(25)19-11-7-6-8-12-19)17(2)20(26(29)32)15-16-23(31)27-21-13-9-10-14-22(21)33-4/h6-14H,5,15-16H2,1-4H3,(H,27,31). The van der Waals surface area contributed by atoms with Crippen LogP contribution in [-0.2, 0) is 17.8 Å². The lowest BCUT2D eigenvalue weighted by atomic mass is 10.0. The highest BCUT2D eigenvalue weighted by atomic mass is 16.5. The number of hydrogen-bond acceptors (Lipinski definition) is 4. The Morgan fingerprint density at radius 3 is 2.45 bits per heavy atom. The summed E-state index contributed by atoms with van der Waals surface area (Å²) in [7, 11) is 1.56. The van der Waals surface area contributed by atoms with Crippen molar-refractivity contribution in [3.63, 3.8) is 0 Å². The van der Waals surface area contributed by atoms with Crippen molar-refractivity contribution in [2.45, 2.75) is 40.2 Å². The predicted octanol–water partition coefficient (Wildman–Crippen LogP) is 4.40. The van der Waals surface area contributed by atoms with Gasteiger partial charge in [-0.2, -0.15) is 5.10 Å². The molecule has 0 aliphatic rings. The number of anilines is 1. The van der Waals surface area contributed by atoms with Crippen LogP contribution in [0.15, 0.2) is 59.4 Å². The molecule has 1 N–H and O–H groups in total. The summed E-state index contributed by atoms with van der Waals surface area (Å²) in [5, 5.41) is 8.59. The van der Waals surface area contributed by atoms with Crippen molar-refractivity contribution in [2.24, 2.45) is 0 Å². The lowest BCUT2D eigenvalue weighted by molar-refractivity contribution is -0.116. The van der Waals surface area contributed by atoms with E-state index in [1.165, 1.54) is 0 Å². The second kappa shape index (κ2) is 9.32. The molecule has 2 aromatic heterocycles. The molecule has 0 unspecified atom stereocenters. The first kappa shape index (κ1) is 22.3. The summed E-state index contributed by atoms with van der Waals surface area (Å²) in [5.74, 6) is 0.430. The molecular weight excluding hydrogens is 416 g/mol. The molecule has 0 spiro atoms. The van der Waals surface area contributed by atoms with Gasteiger partial charge in [0.1, 0.15) is 11.4 Å². The van der Waals surface area contributed by atoms with E-state index in [4.69, 9.17) is 9.84 Å². The van der Waals surface area contributed by atoms with Gasteiger partial charge in [-0.15, -0.1) is 0 Å². The van der Waals surface area contributed by atoms with Crippen LogP contribution in [0.1, 0.15) is 30.2 Å². The molecule has 1 amide bonds. The van der Waals surface area contributed by atoms with Crippen LogP contribution in [0, 0.1) is 13.8 Å². The minimum atomic E-state index is -0.168. The lowest BCUT2D eigenvalue weighted by Gasteiger charge is -2.15. The van der Waals surface area contributed by atoms with Crippen molar-refractivity contribution in [1.82, 2.24) is 14.3 Å². The van der Waals surface area contributed by atoms with Crippen molar-refractivity contribution in [2.75, 3.05) is 12.4 Å². The number of rotatable bonds is 7. The van der Waals surface area contributed by atoms with Crippen LogP contribution < -0.4 is 15.6 Å². The maximum absolute atomic E-state index is 13.5. The first-order valence-electron chi connectivity index (χ1n) is 11.1. The fourth-order valence-electron chi connectivity index (χ4n) is 4.31.